The average Bonchev–Trinajstić information content (AvgIpc) is 2.46. The molecule has 1 aromatic carbocycles. The fourth-order valence-corrected chi connectivity index (χ4v) is 2.72. The van der Waals surface area contributed by atoms with Crippen molar-refractivity contribution in [2.45, 2.75) is 25.9 Å². The second-order valence-corrected chi connectivity index (χ2v) is 6.16. The van der Waals surface area contributed by atoms with Crippen molar-refractivity contribution >= 4 is 5.91 Å². The number of amides is 1. The van der Waals surface area contributed by atoms with Gasteiger partial charge in [-0.1, -0.05) is 13.0 Å². The third-order valence-electron chi connectivity index (χ3n) is 4.10. The number of rotatable bonds is 3. The van der Waals surface area contributed by atoms with E-state index < -0.39 is 11.7 Å². The van der Waals surface area contributed by atoms with Crippen molar-refractivity contribution in [1.29, 1.82) is 0 Å². The molecule has 22 heavy (non-hydrogen) atoms. The maximum atomic E-state index is 12.7. The summed E-state index contributed by atoms with van der Waals surface area (Å²) in [6.07, 6.45) is -2.76. The van der Waals surface area contributed by atoms with E-state index in [-0.39, 0.29) is 16.9 Å². The normalized spacial score (nSPS) is 18.0. The summed E-state index contributed by atoms with van der Waals surface area (Å²) in [6.45, 7) is 3.89. The number of halogens is 3. The van der Waals surface area contributed by atoms with Gasteiger partial charge in [0.15, 0.2) is 0 Å². The number of hydrogen-bond donors (Lipinski definition) is 0. The Morgan fingerprint density at radius 3 is 2.55 bits per heavy atom. The van der Waals surface area contributed by atoms with Crippen LogP contribution in [0.3, 0.4) is 0 Å². The van der Waals surface area contributed by atoms with Crippen LogP contribution in [0.25, 0.3) is 0 Å². The van der Waals surface area contributed by atoms with Gasteiger partial charge in [0.25, 0.3) is 5.91 Å². The molecule has 122 valence electrons. The lowest BCUT2D eigenvalue weighted by molar-refractivity contribution is -0.137. The fraction of sp³-hybridized carbons (Fsp3) is 0.562. The Kier molecular flexibility index (Phi) is 4.80. The summed E-state index contributed by atoms with van der Waals surface area (Å²) in [7, 11) is 1.63. The maximum absolute atomic E-state index is 12.7. The standard InChI is InChI=1S/C16H20F3NO2/c1-15(6-8-22-9-7-15)11-20(2)14(21)12-4-3-5-13(10-12)16(17,18)19/h3-5,10H,6-9,11H2,1-2H3. The molecule has 0 saturated carbocycles. The molecule has 1 aromatic rings. The van der Waals surface area contributed by atoms with Crippen LogP contribution in [0.1, 0.15) is 35.7 Å². The quantitative estimate of drug-likeness (QED) is 0.853. The topological polar surface area (TPSA) is 29.5 Å². The van der Waals surface area contributed by atoms with Gasteiger partial charge in [-0.3, -0.25) is 4.79 Å². The predicted molar refractivity (Wildman–Crippen MR) is 76.6 cm³/mol. The third kappa shape index (κ3) is 4.00. The van der Waals surface area contributed by atoms with E-state index in [1.807, 2.05) is 0 Å². The molecule has 0 atom stereocenters. The van der Waals surface area contributed by atoms with Crippen molar-refractivity contribution in [3.63, 3.8) is 0 Å². The van der Waals surface area contributed by atoms with Gasteiger partial charge in [0, 0.05) is 32.4 Å². The van der Waals surface area contributed by atoms with Gasteiger partial charge in [0.1, 0.15) is 0 Å². The minimum absolute atomic E-state index is 0.0513. The van der Waals surface area contributed by atoms with Crippen molar-refractivity contribution in [3.05, 3.63) is 35.4 Å². The van der Waals surface area contributed by atoms with Gasteiger partial charge in [-0.25, -0.2) is 0 Å². The molecule has 0 unspecified atom stereocenters. The number of ether oxygens (including phenoxy) is 1. The van der Waals surface area contributed by atoms with E-state index in [9.17, 15) is 18.0 Å². The maximum Gasteiger partial charge on any atom is 0.416 e. The molecule has 2 rings (SSSR count). The Bertz CT molecular complexity index is 536. The van der Waals surface area contributed by atoms with Crippen molar-refractivity contribution in [3.8, 4) is 0 Å². The molecule has 0 N–H and O–H groups in total. The van der Waals surface area contributed by atoms with Gasteiger partial charge in [-0.05, 0) is 36.5 Å². The lowest BCUT2D eigenvalue weighted by atomic mass is 9.82. The molecule has 1 amide bonds. The highest BCUT2D eigenvalue weighted by atomic mass is 19.4. The molecule has 0 aliphatic carbocycles. The van der Waals surface area contributed by atoms with Crippen molar-refractivity contribution < 1.29 is 22.7 Å². The minimum atomic E-state index is -4.44. The molecule has 0 aromatic heterocycles. The molecule has 1 fully saturated rings. The highest BCUT2D eigenvalue weighted by Crippen LogP contribution is 2.32. The number of carbonyl (C=O) groups excluding carboxylic acids is 1. The Hall–Kier alpha value is -1.56. The summed E-state index contributed by atoms with van der Waals surface area (Å²) < 4.78 is 43.5. The molecule has 1 aliphatic rings. The van der Waals surface area contributed by atoms with Gasteiger partial charge in [-0.15, -0.1) is 0 Å². The molecular formula is C16H20F3NO2. The molecule has 0 spiro atoms. The van der Waals surface area contributed by atoms with E-state index in [4.69, 9.17) is 4.74 Å². The number of alkyl halides is 3. The van der Waals surface area contributed by atoms with Crippen LogP contribution in [0.2, 0.25) is 0 Å². The second kappa shape index (κ2) is 6.28. The first-order valence-electron chi connectivity index (χ1n) is 7.22. The van der Waals surface area contributed by atoms with Gasteiger partial charge in [0.2, 0.25) is 0 Å². The molecule has 3 nitrogen and oxygen atoms in total. The summed E-state index contributed by atoms with van der Waals surface area (Å²) in [5.74, 6) is -0.390. The fourth-order valence-electron chi connectivity index (χ4n) is 2.72. The SMILES string of the molecule is CN(CC1(C)CCOCC1)C(=O)c1cccc(C(F)(F)F)c1. The van der Waals surface area contributed by atoms with E-state index in [0.717, 1.165) is 25.0 Å². The van der Waals surface area contributed by atoms with Crippen molar-refractivity contribution in [2.75, 3.05) is 26.8 Å². The highest BCUT2D eigenvalue weighted by molar-refractivity contribution is 5.94. The summed E-state index contributed by atoms with van der Waals surface area (Å²) in [6, 6.07) is 4.56. The van der Waals surface area contributed by atoms with Crippen LogP contribution in [0.15, 0.2) is 24.3 Å². The lowest BCUT2D eigenvalue weighted by Crippen LogP contribution is -2.40. The van der Waals surface area contributed by atoms with Crippen LogP contribution in [0.5, 0.6) is 0 Å². The number of benzene rings is 1. The zero-order chi connectivity index (χ0) is 16.4. The zero-order valence-corrected chi connectivity index (χ0v) is 12.7. The smallest absolute Gasteiger partial charge is 0.381 e. The third-order valence-corrected chi connectivity index (χ3v) is 4.10. The average molecular weight is 315 g/mol. The monoisotopic (exact) mass is 315 g/mol. The van der Waals surface area contributed by atoms with Crippen LogP contribution in [-0.4, -0.2) is 37.6 Å². The van der Waals surface area contributed by atoms with Crippen molar-refractivity contribution in [1.82, 2.24) is 4.90 Å². The molecular weight excluding hydrogens is 295 g/mol. The minimum Gasteiger partial charge on any atom is -0.381 e. The van der Waals surface area contributed by atoms with E-state index in [2.05, 4.69) is 6.92 Å². The Morgan fingerprint density at radius 2 is 1.95 bits per heavy atom. The molecule has 6 heteroatoms. The molecule has 0 radical (unpaired) electrons. The predicted octanol–water partition coefficient (Wildman–Crippen LogP) is 3.59. The summed E-state index contributed by atoms with van der Waals surface area (Å²) in [5, 5.41) is 0. The van der Waals surface area contributed by atoms with Crippen LogP contribution < -0.4 is 0 Å². The van der Waals surface area contributed by atoms with E-state index >= 15 is 0 Å². The molecule has 1 heterocycles. The molecule has 0 bridgehead atoms. The van der Waals surface area contributed by atoms with Crippen LogP contribution in [0, 0.1) is 5.41 Å². The Balaban J connectivity index is 2.10. The van der Waals surface area contributed by atoms with Gasteiger partial charge >= 0.3 is 6.18 Å². The largest absolute Gasteiger partial charge is 0.416 e. The summed E-state index contributed by atoms with van der Waals surface area (Å²) >= 11 is 0. The van der Waals surface area contributed by atoms with Gasteiger partial charge in [-0.2, -0.15) is 13.2 Å². The Labute approximate surface area is 128 Å². The van der Waals surface area contributed by atoms with Gasteiger partial charge in [0.05, 0.1) is 5.56 Å². The first-order valence-corrected chi connectivity index (χ1v) is 7.22. The summed E-state index contributed by atoms with van der Waals surface area (Å²) in [4.78, 5) is 13.9. The van der Waals surface area contributed by atoms with E-state index in [0.29, 0.717) is 19.8 Å². The first kappa shape index (κ1) is 16.8. The van der Waals surface area contributed by atoms with Crippen LogP contribution in [-0.2, 0) is 10.9 Å². The van der Waals surface area contributed by atoms with Crippen molar-refractivity contribution in [2.24, 2.45) is 5.41 Å². The first-order chi connectivity index (χ1) is 10.2. The van der Waals surface area contributed by atoms with Gasteiger partial charge < -0.3 is 9.64 Å². The number of hydrogen-bond acceptors (Lipinski definition) is 2. The Morgan fingerprint density at radius 1 is 1.32 bits per heavy atom. The lowest BCUT2D eigenvalue weighted by Gasteiger charge is -2.36. The van der Waals surface area contributed by atoms with Crippen LogP contribution in [0.4, 0.5) is 13.2 Å². The second-order valence-electron chi connectivity index (χ2n) is 6.16. The molecule has 1 aliphatic heterocycles. The van der Waals surface area contributed by atoms with E-state index in [1.165, 1.54) is 17.0 Å². The summed E-state index contributed by atoms with van der Waals surface area (Å²) in [5.41, 5.74) is -0.790. The van der Waals surface area contributed by atoms with Crippen LogP contribution >= 0.6 is 0 Å². The van der Waals surface area contributed by atoms with E-state index in [1.54, 1.807) is 7.05 Å². The number of nitrogens with zero attached hydrogens (tertiary/aromatic N) is 1. The zero-order valence-electron chi connectivity index (χ0n) is 12.7. The number of carbonyl (C=O) groups is 1. The molecule has 1 saturated heterocycles. The highest BCUT2D eigenvalue weighted by Gasteiger charge is 2.33.